The maximum atomic E-state index is 12.5. The Hall–Kier alpha value is -3.13. The van der Waals surface area contributed by atoms with Crippen molar-refractivity contribution < 1.29 is 14.3 Å². The second-order valence-corrected chi connectivity index (χ2v) is 9.63. The summed E-state index contributed by atoms with van der Waals surface area (Å²) in [5.41, 5.74) is 2.95. The van der Waals surface area contributed by atoms with Crippen LogP contribution in [0.3, 0.4) is 0 Å². The van der Waals surface area contributed by atoms with Crippen LogP contribution < -0.4 is 15.0 Å². The number of nitrogens with zero attached hydrogens (tertiary/aromatic N) is 2. The highest BCUT2D eigenvalue weighted by molar-refractivity contribution is 6.42. The molecule has 4 rings (SSSR count). The number of fused-ring (bicyclic) bond motifs is 1. The number of benzene rings is 2. The van der Waals surface area contributed by atoms with E-state index in [0.717, 1.165) is 61.5 Å². The average molecular weight is 543 g/mol. The van der Waals surface area contributed by atoms with E-state index in [1.165, 1.54) is 12.8 Å². The molecule has 9 heteroatoms. The first kappa shape index (κ1) is 26.9. The lowest BCUT2D eigenvalue weighted by molar-refractivity contribution is -0.120. The summed E-state index contributed by atoms with van der Waals surface area (Å²) in [6.07, 6.45) is 6.16. The number of amides is 1. The van der Waals surface area contributed by atoms with Crippen LogP contribution in [0, 0.1) is 0 Å². The molecular weight excluding hydrogens is 511 g/mol. The first-order valence-electron chi connectivity index (χ1n) is 12.3. The molecule has 0 aliphatic carbocycles. The Kier molecular flexibility index (Phi) is 9.39. The fourth-order valence-corrected chi connectivity index (χ4v) is 4.68. The Morgan fingerprint density at radius 3 is 2.62 bits per heavy atom. The SMILES string of the molecule is CO/C(=C/C=C/c1cc2cc(Cl)c(Cl)cc2[nH]1)C(=O)NCCCN1CCN(c2cccc(OC)c2)CC1. The van der Waals surface area contributed by atoms with E-state index in [2.05, 4.69) is 32.2 Å². The molecule has 0 spiro atoms. The first-order chi connectivity index (χ1) is 18.0. The van der Waals surface area contributed by atoms with E-state index in [1.54, 1.807) is 25.3 Å². The van der Waals surface area contributed by atoms with Gasteiger partial charge in [0, 0.05) is 61.1 Å². The summed E-state index contributed by atoms with van der Waals surface area (Å²) < 4.78 is 10.6. The number of ether oxygens (including phenoxy) is 2. The van der Waals surface area contributed by atoms with E-state index >= 15 is 0 Å². The molecule has 37 heavy (non-hydrogen) atoms. The van der Waals surface area contributed by atoms with Crippen molar-refractivity contribution in [2.45, 2.75) is 6.42 Å². The Balaban J connectivity index is 1.20. The van der Waals surface area contributed by atoms with Crippen molar-refractivity contribution >= 4 is 51.8 Å². The number of hydrogen-bond donors (Lipinski definition) is 2. The Labute approximate surface area is 227 Å². The number of hydrogen-bond acceptors (Lipinski definition) is 5. The normalized spacial score (nSPS) is 14.9. The molecule has 0 bridgehead atoms. The van der Waals surface area contributed by atoms with Gasteiger partial charge in [0.15, 0.2) is 5.76 Å². The summed E-state index contributed by atoms with van der Waals surface area (Å²) in [5, 5.41) is 4.92. The van der Waals surface area contributed by atoms with Crippen molar-refractivity contribution in [3.05, 3.63) is 76.1 Å². The third-order valence-corrected chi connectivity index (χ3v) is 7.10. The molecule has 1 fully saturated rings. The molecule has 1 saturated heterocycles. The number of allylic oxidation sites excluding steroid dienone is 2. The lowest BCUT2D eigenvalue weighted by Gasteiger charge is -2.36. The summed E-state index contributed by atoms with van der Waals surface area (Å²) in [6, 6.07) is 13.8. The summed E-state index contributed by atoms with van der Waals surface area (Å²) in [5.74, 6) is 0.903. The number of piperazine rings is 1. The van der Waals surface area contributed by atoms with E-state index in [4.69, 9.17) is 32.7 Å². The lowest BCUT2D eigenvalue weighted by atomic mass is 10.2. The quantitative estimate of drug-likeness (QED) is 0.156. The first-order valence-corrected chi connectivity index (χ1v) is 13.0. The molecule has 2 heterocycles. The summed E-state index contributed by atoms with van der Waals surface area (Å²) >= 11 is 12.2. The number of halogens is 2. The van der Waals surface area contributed by atoms with Crippen molar-refractivity contribution in [1.82, 2.24) is 15.2 Å². The highest BCUT2D eigenvalue weighted by Gasteiger charge is 2.17. The second-order valence-electron chi connectivity index (χ2n) is 8.81. The average Bonchev–Trinajstić information content (AvgIpc) is 3.30. The molecular formula is C28H32Cl2N4O3. The molecule has 0 atom stereocenters. The highest BCUT2D eigenvalue weighted by Crippen LogP contribution is 2.28. The minimum absolute atomic E-state index is 0.231. The van der Waals surface area contributed by atoms with E-state index in [9.17, 15) is 4.79 Å². The zero-order valence-corrected chi connectivity index (χ0v) is 22.6. The molecule has 2 aromatic carbocycles. The van der Waals surface area contributed by atoms with Gasteiger partial charge < -0.3 is 24.7 Å². The van der Waals surface area contributed by atoms with Crippen LogP contribution >= 0.6 is 23.2 Å². The van der Waals surface area contributed by atoms with Crippen LogP contribution in [-0.4, -0.2) is 69.3 Å². The van der Waals surface area contributed by atoms with Gasteiger partial charge in [0.2, 0.25) is 0 Å². The highest BCUT2D eigenvalue weighted by atomic mass is 35.5. The number of H-pyrrole nitrogens is 1. The van der Waals surface area contributed by atoms with E-state index in [0.29, 0.717) is 16.6 Å². The Bertz CT molecular complexity index is 1240. The molecule has 1 aromatic heterocycles. The number of aromatic amines is 1. The van der Waals surface area contributed by atoms with Crippen molar-refractivity contribution in [2.24, 2.45) is 0 Å². The molecule has 2 N–H and O–H groups in total. The third-order valence-electron chi connectivity index (χ3n) is 6.38. The Morgan fingerprint density at radius 2 is 1.86 bits per heavy atom. The zero-order chi connectivity index (χ0) is 26.2. The topological polar surface area (TPSA) is 69.8 Å². The van der Waals surface area contributed by atoms with Gasteiger partial charge in [0.25, 0.3) is 5.91 Å². The largest absolute Gasteiger partial charge is 0.497 e. The van der Waals surface area contributed by atoms with Crippen molar-refractivity contribution in [3.8, 4) is 5.75 Å². The van der Waals surface area contributed by atoms with Crippen LogP contribution in [0.15, 0.2) is 60.4 Å². The maximum absolute atomic E-state index is 12.5. The van der Waals surface area contributed by atoms with E-state index in [1.807, 2.05) is 30.3 Å². The number of aromatic nitrogens is 1. The number of carbonyl (C=O) groups is 1. The number of methoxy groups -OCH3 is 2. The molecule has 3 aromatic rings. The monoisotopic (exact) mass is 542 g/mol. The molecule has 1 aliphatic rings. The van der Waals surface area contributed by atoms with Gasteiger partial charge in [-0.2, -0.15) is 0 Å². The van der Waals surface area contributed by atoms with Gasteiger partial charge >= 0.3 is 0 Å². The minimum Gasteiger partial charge on any atom is -0.497 e. The maximum Gasteiger partial charge on any atom is 0.286 e. The predicted octanol–water partition coefficient (Wildman–Crippen LogP) is 5.36. The summed E-state index contributed by atoms with van der Waals surface area (Å²) in [4.78, 5) is 20.6. The van der Waals surface area contributed by atoms with Gasteiger partial charge in [-0.25, -0.2) is 0 Å². The van der Waals surface area contributed by atoms with Gasteiger partial charge in [0.1, 0.15) is 5.75 Å². The number of carbonyl (C=O) groups excluding carboxylic acids is 1. The second kappa shape index (κ2) is 12.9. The third kappa shape index (κ3) is 7.22. The number of rotatable bonds is 10. The smallest absolute Gasteiger partial charge is 0.286 e. The number of nitrogens with one attached hydrogen (secondary N) is 2. The zero-order valence-electron chi connectivity index (χ0n) is 21.1. The van der Waals surface area contributed by atoms with Crippen LogP contribution in [0.1, 0.15) is 12.1 Å². The molecule has 0 radical (unpaired) electrons. The fourth-order valence-electron chi connectivity index (χ4n) is 4.34. The molecule has 0 unspecified atom stereocenters. The number of anilines is 1. The van der Waals surface area contributed by atoms with Gasteiger partial charge in [-0.05, 0) is 55.4 Å². The Morgan fingerprint density at radius 1 is 1.08 bits per heavy atom. The lowest BCUT2D eigenvalue weighted by Crippen LogP contribution is -2.47. The van der Waals surface area contributed by atoms with Gasteiger partial charge in [-0.1, -0.05) is 35.3 Å². The predicted molar refractivity (Wildman–Crippen MR) is 152 cm³/mol. The summed E-state index contributed by atoms with van der Waals surface area (Å²) in [6.45, 7) is 5.45. The van der Waals surface area contributed by atoms with Crippen LogP contribution in [-0.2, 0) is 9.53 Å². The van der Waals surface area contributed by atoms with E-state index in [-0.39, 0.29) is 11.7 Å². The minimum atomic E-state index is -0.231. The molecule has 0 saturated carbocycles. The van der Waals surface area contributed by atoms with Crippen molar-refractivity contribution in [3.63, 3.8) is 0 Å². The fraction of sp³-hybridized carbons (Fsp3) is 0.321. The molecule has 1 amide bonds. The molecule has 7 nitrogen and oxygen atoms in total. The van der Waals surface area contributed by atoms with Gasteiger partial charge in [0.05, 0.1) is 24.3 Å². The van der Waals surface area contributed by atoms with Crippen LogP contribution in [0.25, 0.3) is 17.0 Å². The molecule has 1 aliphatic heterocycles. The summed E-state index contributed by atoms with van der Waals surface area (Å²) in [7, 11) is 3.19. The van der Waals surface area contributed by atoms with Crippen LogP contribution in [0.2, 0.25) is 10.0 Å². The van der Waals surface area contributed by atoms with Gasteiger partial charge in [-0.3, -0.25) is 9.69 Å². The van der Waals surface area contributed by atoms with Crippen LogP contribution in [0.4, 0.5) is 5.69 Å². The van der Waals surface area contributed by atoms with Crippen molar-refractivity contribution in [2.75, 3.05) is 58.4 Å². The van der Waals surface area contributed by atoms with E-state index < -0.39 is 0 Å². The van der Waals surface area contributed by atoms with Crippen LogP contribution in [0.5, 0.6) is 5.75 Å². The standard InChI is InChI=1S/C28H32Cl2N4O3/c1-36-23-8-4-7-22(18-23)34-14-12-33(13-15-34)11-5-10-31-28(35)27(37-2)9-3-6-21-16-20-17-24(29)25(30)19-26(20)32-21/h3-4,6-9,16-19,32H,5,10-15H2,1-2H3,(H,31,35)/b6-3+,27-9+. The van der Waals surface area contributed by atoms with Gasteiger partial charge in [-0.15, -0.1) is 0 Å². The molecule has 196 valence electrons. The van der Waals surface area contributed by atoms with Crippen molar-refractivity contribution in [1.29, 1.82) is 0 Å².